The molecule has 2 aliphatic rings. The van der Waals surface area contributed by atoms with Gasteiger partial charge in [-0.3, -0.25) is 14.5 Å². The van der Waals surface area contributed by atoms with E-state index in [4.69, 9.17) is 10.5 Å². The first-order valence-corrected chi connectivity index (χ1v) is 10.1. The smallest absolute Gasteiger partial charge is 0.232 e. The van der Waals surface area contributed by atoms with E-state index < -0.39 is 11.4 Å². The van der Waals surface area contributed by atoms with Crippen LogP contribution in [-0.4, -0.2) is 46.2 Å². The van der Waals surface area contributed by atoms with Crippen LogP contribution in [0.25, 0.3) is 0 Å². The molecule has 1 aromatic heterocycles. The lowest BCUT2D eigenvalue weighted by molar-refractivity contribution is -0.128. The van der Waals surface area contributed by atoms with Crippen molar-refractivity contribution in [2.24, 2.45) is 16.6 Å². The van der Waals surface area contributed by atoms with Crippen LogP contribution in [0.4, 0.5) is 4.39 Å². The Morgan fingerprint density at radius 3 is 2.74 bits per heavy atom. The van der Waals surface area contributed by atoms with Crippen molar-refractivity contribution in [2.45, 2.75) is 38.1 Å². The molecule has 1 atom stereocenters. The Balaban J connectivity index is 1.50. The number of nitrogens with two attached hydrogens (primary N) is 1. The molecule has 1 aromatic carbocycles. The van der Waals surface area contributed by atoms with Gasteiger partial charge in [0, 0.05) is 19.0 Å². The maximum Gasteiger partial charge on any atom is 0.232 e. The SMILES string of the molecule is CN1C(=O)CC(C)(c2cc(CC(=O)c3cnc(OCC4CC4)cn3)ccc2F)N=C1N. The molecule has 2 aromatic rings. The molecular weight excluding hydrogens is 401 g/mol. The Morgan fingerprint density at radius 2 is 2.10 bits per heavy atom. The number of carbonyl (C=O) groups is 2. The van der Waals surface area contributed by atoms with E-state index in [1.165, 1.54) is 49.3 Å². The van der Waals surface area contributed by atoms with Crippen LogP contribution in [0.2, 0.25) is 0 Å². The van der Waals surface area contributed by atoms with Crippen molar-refractivity contribution in [3.05, 3.63) is 53.2 Å². The van der Waals surface area contributed by atoms with Gasteiger partial charge in [-0.25, -0.2) is 19.4 Å². The van der Waals surface area contributed by atoms with Crippen LogP contribution in [-0.2, 0) is 16.8 Å². The maximum atomic E-state index is 14.6. The molecule has 2 heterocycles. The highest BCUT2D eigenvalue weighted by Gasteiger charge is 2.38. The molecule has 1 saturated carbocycles. The van der Waals surface area contributed by atoms with Crippen LogP contribution in [0.3, 0.4) is 0 Å². The summed E-state index contributed by atoms with van der Waals surface area (Å²) in [7, 11) is 1.52. The number of ether oxygens (including phenoxy) is 1. The summed E-state index contributed by atoms with van der Waals surface area (Å²) < 4.78 is 20.2. The minimum Gasteiger partial charge on any atom is -0.476 e. The van der Waals surface area contributed by atoms with Crippen LogP contribution in [0, 0.1) is 11.7 Å². The predicted octanol–water partition coefficient (Wildman–Crippen LogP) is 2.22. The van der Waals surface area contributed by atoms with E-state index in [-0.39, 0.29) is 41.7 Å². The number of aliphatic imine (C=N–C) groups is 1. The highest BCUT2D eigenvalue weighted by molar-refractivity contribution is 5.99. The zero-order valence-electron chi connectivity index (χ0n) is 17.5. The van der Waals surface area contributed by atoms with Crippen LogP contribution in [0.1, 0.15) is 47.8 Å². The van der Waals surface area contributed by atoms with Crippen LogP contribution in [0.15, 0.2) is 35.6 Å². The number of halogens is 1. The van der Waals surface area contributed by atoms with Crippen molar-refractivity contribution >= 4 is 17.6 Å². The van der Waals surface area contributed by atoms with Gasteiger partial charge in [0.1, 0.15) is 11.5 Å². The van der Waals surface area contributed by atoms with Gasteiger partial charge in [0.15, 0.2) is 11.7 Å². The van der Waals surface area contributed by atoms with Gasteiger partial charge in [0.25, 0.3) is 0 Å². The molecule has 162 valence electrons. The Labute approximate surface area is 179 Å². The number of carbonyl (C=O) groups excluding carboxylic acids is 2. The molecule has 31 heavy (non-hydrogen) atoms. The minimum atomic E-state index is -1.14. The minimum absolute atomic E-state index is 0.00731. The van der Waals surface area contributed by atoms with E-state index in [0.717, 1.165) is 0 Å². The van der Waals surface area contributed by atoms with Gasteiger partial charge in [0.2, 0.25) is 11.8 Å². The Morgan fingerprint density at radius 1 is 1.32 bits per heavy atom. The molecule has 2 N–H and O–H groups in total. The standard InChI is InChI=1S/C22H24FN5O3/c1-22(9-20(30)28(2)21(24)27-22)15-7-14(5-6-16(15)23)8-18(29)17-10-26-19(11-25-17)31-12-13-3-4-13/h5-7,10-11,13H,3-4,8-9,12H2,1-2H3,(H2,24,27). The fourth-order valence-electron chi connectivity index (χ4n) is 3.46. The van der Waals surface area contributed by atoms with E-state index in [1.807, 2.05) is 0 Å². The largest absolute Gasteiger partial charge is 0.476 e. The number of aromatic nitrogens is 2. The molecule has 0 spiro atoms. The fourth-order valence-corrected chi connectivity index (χ4v) is 3.46. The first-order chi connectivity index (χ1) is 14.7. The molecule has 9 heteroatoms. The Hall–Kier alpha value is -3.36. The summed E-state index contributed by atoms with van der Waals surface area (Å²) in [5.41, 5.74) is 5.69. The van der Waals surface area contributed by atoms with Gasteiger partial charge in [-0.05, 0) is 43.4 Å². The summed E-state index contributed by atoms with van der Waals surface area (Å²) in [5.74, 6) is -0.00923. The van der Waals surface area contributed by atoms with Crippen molar-refractivity contribution in [1.29, 1.82) is 0 Å². The predicted molar refractivity (Wildman–Crippen MR) is 111 cm³/mol. The lowest BCUT2D eigenvalue weighted by atomic mass is 9.85. The molecule has 0 saturated heterocycles. The van der Waals surface area contributed by atoms with E-state index in [1.54, 1.807) is 13.0 Å². The monoisotopic (exact) mass is 425 g/mol. The summed E-state index contributed by atoms with van der Waals surface area (Å²) in [4.78, 5) is 38.7. The third kappa shape index (κ3) is 4.55. The molecule has 8 nitrogen and oxygen atoms in total. The molecule has 4 rings (SSSR count). The second-order valence-corrected chi connectivity index (χ2v) is 8.28. The van der Waals surface area contributed by atoms with Gasteiger partial charge >= 0.3 is 0 Å². The number of rotatable bonds is 7. The van der Waals surface area contributed by atoms with Crippen molar-refractivity contribution in [3.8, 4) is 5.88 Å². The average molecular weight is 425 g/mol. The molecule has 1 unspecified atom stereocenters. The lowest BCUT2D eigenvalue weighted by Gasteiger charge is -2.34. The van der Waals surface area contributed by atoms with E-state index >= 15 is 0 Å². The maximum absolute atomic E-state index is 14.6. The summed E-state index contributed by atoms with van der Waals surface area (Å²) in [6.45, 7) is 2.27. The second kappa shape index (κ2) is 8.05. The van der Waals surface area contributed by atoms with Gasteiger partial charge < -0.3 is 10.5 Å². The number of nitrogens with zero attached hydrogens (tertiary/aromatic N) is 4. The van der Waals surface area contributed by atoms with E-state index in [2.05, 4.69) is 15.0 Å². The number of benzene rings is 1. The molecule has 1 aliphatic heterocycles. The summed E-state index contributed by atoms with van der Waals surface area (Å²) in [6.07, 6.45) is 5.15. The molecule has 1 amide bonds. The Kier molecular flexibility index (Phi) is 5.43. The van der Waals surface area contributed by atoms with Crippen LogP contribution >= 0.6 is 0 Å². The number of amides is 1. The quantitative estimate of drug-likeness (QED) is 0.681. The molecule has 0 radical (unpaired) electrons. The highest BCUT2D eigenvalue weighted by atomic mass is 19.1. The first-order valence-electron chi connectivity index (χ1n) is 10.1. The summed E-state index contributed by atoms with van der Waals surface area (Å²) in [6, 6.07) is 4.37. The third-order valence-electron chi connectivity index (χ3n) is 5.63. The fraction of sp³-hybridized carbons (Fsp3) is 0.409. The van der Waals surface area contributed by atoms with Crippen LogP contribution in [0.5, 0.6) is 5.88 Å². The zero-order valence-corrected chi connectivity index (χ0v) is 17.5. The van der Waals surface area contributed by atoms with Gasteiger partial charge in [-0.15, -0.1) is 0 Å². The summed E-state index contributed by atoms with van der Waals surface area (Å²) >= 11 is 0. The number of Topliss-reactive ketones (excluding diaryl/α,β-unsaturated/α-hetero) is 1. The number of guanidine groups is 1. The van der Waals surface area contributed by atoms with E-state index in [9.17, 15) is 14.0 Å². The molecule has 0 bridgehead atoms. The topological polar surface area (TPSA) is 111 Å². The molecular formula is C22H24FN5O3. The van der Waals surface area contributed by atoms with Crippen molar-refractivity contribution < 1.29 is 18.7 Å². The van der Waals surface area contributed by atoms with Crippen LogP contribution < -0.4 is 10.5 Å². The van der Waals surface area contributed by atoms with Crippen molar-refractivity contribution in [2.75, 3.05) is 13.7 Å². The highest BCUT2D eigenvalue weighted by Crippen LogP contribution is 2.35. The van der Waals surface area contributed by atoms with E-state index in [0.29, 0.717) is 24.0 Å². The zero-order chi connectivity index (χ0) is 22.2. The molecule has 1 aliphatic carbocycles. The van der Waals surface area contributed by atoms with Gasteiger partial charge in [-0.1, -0.05) is 6.07 Å². The average Bonchev–Trinajstić information content (AvgIpc) is 3.56. The van der Waals surface area contributed by atoms with Gasteiger partial charge in [-0.2, -0.15) is 0 Å². The molecule has 1 fully saturated rings. The van der Waals surface area contributed by atoms with Crippen molar-refractivity contribution in [3.63, 3.8) is 0 Å². The first kappa shape index (κ1) is 20.9. The van der Waals surface area contributed by atoms with Crippen molar-refractivity contribution in [1.82, 2.24) is 14.9 Å². The number of ketones is 1. The Bertz CT molecular complexity index is 1050. The third-order valence-corrected chi connectivity index (χ3v) is 5.63. The lowest BCUT2D eigenvalue weighted by Crippen LogP contribution is -2.47. The summed E-state index contributed by atoms with van der Waals surface area (Å²) in [5, 5.41) is 0. The van der Waals surface area contributed by atoms with Gasteiger partial charge in [0.05, 0.1) is 31.0 Å². The number of hydrogen-bond acceptors (Lipinski definition) is 7. The number of hydrogen-bond donors (Lipinski definition) is 1. The second-order valence-electron chi connectivity index (χ2n) is 8.28. The normalized spacial score (nSPS) is 21.1.